The number of carbonyl (C=O) groups is 2. The number of ether oxygens (including phenoxy) is 2. The van der Waals surface area contributed by atoms with Crippen LogP contribution in [0.2, 0.25) is 0 Å². The van der Waals surface area contributed by atoms with Crippen LogP contribution in [0, 0.1) is 5.92 Å². The molecule has 158 valence electrons. The number of nitrogens with one attached hydrogen (secondary N) is 1. The molecular formula is C20H26N2O6S. The van der Waals surface area contributed by atoms with Crippen LogP contribution >= 0.6 is 0 Å². The number of hydrogen-bond acceptors (Lipinski definition) is 6. The van der Waals surface area contributed by atoms with Crippen LogP contribution in [-0.4, -0.2) is 57.0 Å². The fourth-order valence-electron chi connectivity index (χ4n) is 3.25. The van der Waals surface area contributed by atoms with Crippen LogP contribution < -0.4 is 5.32 Å². The minimum absolute atomic E-state index is 0.0934. The van der Waals surface area contributed by atoms with Gasteiger partial charge in [-0.15, -0.1) is 0 Å². The molecule has 0 bridgehead atoms. The van der Waals surface area contributed by atoms with Crippen LogP contribution in [0.3, 0.4) is 0 Å². The maximum Gasteiger partial charge on any atom is 0.310 e. The Morgan fingerprint density at radius 1 is 1.24 bits per heavy atom. The predicted octanol–water partition coefficient (Wildman–Crippen LogP) is 1.93. The fraction of sp³-hybridized carbons (Fsp3) is 0.500. The average molecular weight is 423 g/mol. The molecule has 2 unspecified atom stereocenters. The summed E-state index contributed by atoms with van der Waals surface area (Å²) in [5.41, 5.74) is 0.327. The standard InChI is InChI=1S/C20H26N2O6S/c1-15(28-20(24)16-6-3-2-4-7-16)19(23)21-17-8-5-9-18(14-17)29(25,26)22-10-12-27-13-11-22/h2-3,5,8-9,14-16H,4,6-7,10-13H2,1H3,(H,21,23). The number of allylic oxidation sites excluding steroid dienone is 2. The zero-order valence-corrected chi connectivity index (χ0v) is 17.2. The highest BCUT2D eigenvalue weighted by Crippen LogP contribution is 2.22. The summed E-state index contributed by atoms with van der Waals surface area (Å²) in [6.45, 7) is 2.80. The number of nitrogens with zero attached hydrogens (tertiary/aromatic N) is 1. The molecule has 1 aliphatic heterocycles. The Balaban J connectivity index is 1.62. The van der Waals surface area contributed by atoms with Crippen molar-refractivity contribution < 1.29 is 27.5 Å². The highest BCUT2D eigenvalue weighted by molar-refractivity contribution is 7.89. The Bertz CT molecular complexity index is 877. The van der Waals surface area contributed by atoms with Crippen molar-refractivity contribution in [3.63, 3.8) is 0 Å². The molecule has 1 amide bonds. The van der Waals surface area contributed by atoms with Gasteiger partial charge in [0.25, 0.3) is 5.91 Å². The third-order valence-electron chi connectivity index (χ3n) is 4.97. The molecule has 0 radical (unpaired) electrons. The van der Waals surface area contributed by atoms with Crippen LogP contribution in [0.15, 0.2) is 41.3 Å². The summed E-state index contributed by atoms with van der Waals surface area (Å²) in [7, 11) is -3.66. The van der Waals surface area contributed by atoms with Gasteiger partial charge in [-0.2, -0.15) is 4.31 Å². The first-order chi connectivity index (χ1) is 13.9. The number of anilines is 1. The summed E-state index contributed by atoms with van der Waals surface area (Å²) in [6, 6.07) is 6.05. The molecule has 2 aliphatic rings. The van der Waals surface area contributed by atoms with Crippen molar-refractivity contribution in [2.75, 3.05) is 31.6 Å². The van der Waals surface area contributed by atoms with Crippen molar-refractivity contribution in [1.82, 2.24) is 4.31 Å². The molecule has 1 N–H and O–H groups in total. The summed E-state index contributed by atoms with van der Waals surface area (Å²) in [5.74, 6) is -1.12. The Hall–Kier alpha value is -2.23. The van der Waals surface area contributed by atoms with E-state index in [1.807, 2.05) is 12.2 Å². The molecule has 29 heavy (non-hydrogen) atoms. The molecule has 1 heterocycles. The maximum atomic E-state index is 12.8. The van der Waals surface area contributed by atoms with Crippen molar-refractivity contribution in [1.29, 1.82) is 0 Å². The number of sulfonamides is 1. The summed E-state index contributed by atoms with van der Waals surface area (Å²) < 4.78 is 37.4. The highest BCUT2D eigenvalue weighted by Gasteiger charge is 2.27. The molecule has 1 aromatic carbocycles. The molecule has 2 atom stereocenters. The van der Waals surface area contributed by atoms with Gasteiger partial charge in [-0.05, 0) is 44.4 Å². The van der Waals surface area contributed by atoms with Gasteiger partial charge in [0.15, 0.2) is 6.10 Å². The summed E-state index contributed by atoms with van der Waals surface area (Å²) >= 11 is 0. The van der Waals surface area contributed by atoms with Crippen molar-refractivity contribution in [2.24, 2.45) is 5.92 Å². The molecule has 9 heteroatoms. The van der Waals surface area contributed by atoms with Gasteiger partial charge in [0, 0.05) is 18.8 Å². The fourth-order valence-corrected chi connectivity index (χ4v) is 4.70. The van der Waals surface area contributed by atoms with E-state index in [1.54, 1.807) is 12.1 Å². The second-order valence-electron chi connectivity index (χ2n) is 7.09. The lowest BCUT2D eigenvalue weighted by Gasteiger charge is -2.26. The van der Waals surface area contributed by atoms with E-state index >= 15 is 0 Å². The predicted molar refractivity (Wildman–Crippen MR) is 107 cm³/mol. The maximum absolute atomic E-state index is 12.8. The molecule has 1 aliphatic carbocycles. The minimum Gasteiger partial charge on any atom is -0.452 e. The van der Waals surface area contributed by atoms with Crippen LogP contribution in [0.1, 0.15) is 26.2 Å². The van der Waals surface area contributed by atoms with E-state index < -0.39 is 22.0 Å². The normalized spacial score (nSPS) is 21.3. The van der Waals surface area contributed by atoms with E-state index in [2.05, 4.69) is 5.32 Å². The largest absolute Gasteiger partial charge is 0.452 e. The van der Waals surface area contributed by atoms with E-state index in [1.165, 1.54) is 23.4 Å². The van der Waals surface area contributed by atoms with Gasteiger partial charge in [0.05, 0.1) is 24.0 Å². The number of carbonyl (C=O) groups excluding carboxylic acids is 2. The van der Waals surface area contributed by atoms with E-state index in [0.29, 0.717) is 44.8 Å². The van der Waals surface area contributed by atoms with Gasteiger partial charge < -0.3 is 14.8 Å². The zero-order chi connectivity index (χ0) is 20.9. The van der Waals surface area contributed by atoms with Crippen LogP contribution in [0.4, 0.5) is 5.69 Å². The number of amides is 1. The lowest BCUT2D eigenvalue weighted by Crippen LogP contribution is -2.40. The summed E-state index contributed by atoms with van der Waals surface area (Å²) in [4.78, 5) is 24.7. The van der Waals surface area contributed by atoms with Crippen LogP contribution in [-0.2, 0) is 29.1 Å². The number of morpholine rings is 1. The number of benzene rings is 1. The summed E-state index contributed by atoms with van der Waals surface area (Å²) in [6.07, 6.45) is 5.15. The molecule has 1 saturated heterocycles. The first kappa shape index (κ1) is 21.5. The van der Waals surface area contributed by atoms with Gasteiger partial charge >= 0.3 is 5.97 Å². The molecule has 3 rings (SSSR count). The SMILES string of the molecule is CC(OC(=O)C1CC=CCC1)C(=O)Nc1cccc(S(=O)(=O)N2CCOCC2)c1. The molecule has 0 spiro atoms. The summed E-state index contributed by atoms with van der Waals surface area (Å²) in [5, 5.41) is 2.63. The lowest BCUT2D eigenvalue weighted by atomic mass is 9.95. The molecule has 1 fully saturated rings. The first-order valence-electron chi connectivity index (χ1n) is 9.72. The number of esters is 1. The van der Waals surface area contributed by atoms with E-state index in [4.69, 9.17) is 9.47 Å². The topological polar surface area (TPSA) is 102 Å². The van der Waals surface area contributed by atoms with Gasteiger partial charge in [0.2, 0.25) is 10.0 Å². The van der Waals surface area contributed by atoms with Crippen LogP contribution in [0.5, 0.6) is 0 Å². The Labute approximate surface area is 170 Å². The van der Waals surface area contributed by atoms with Gasteiger partial charge in [-0.25, -0.2) is 8.42 Å². The van der Waals surface area contributed by atoms with Crippen molar-refractivity contribution in [3.05, 3.63) is 36.4 Å². The second-order valence-corrected chi connectivity index (χ2v) is 9.03. The molecule has 1 aromatic rings. The third-order valence-corrected chi connectivity index (χ3v) is 6.87. The number of rotatable bonds is 6. The molecule has 8 nitrogen and oxygen atoms in total. The van der Waals surface area contributed by atoms with Crippen molar-refractivity contribution >= 4 is 27.6 Å². The Morgan fingerprint density at radius 3 is 2.69 bits per heavy atom. The number of hydrogen-bond donors (Lipinski definition) is 1. The van der Waals surface area contributed by atoms with Gasteiger partial charge in [0.1, 0.15) is 0 Å². The zero-order valence-electron chi connectivity index (χ0n) is 16.4. The van der Waals surface area contributed by atoms with Gasteiger partial charge in [-0.1, -0.05) is 18.2 Å². The lowest BCUT2D eigenvalue weighted by molar-refractivity contribution is -0.157. The third kappa shape index (κ3) is 5.43. The monoisotopic (exact) mass is 422 g/mol. The van der Waals surface area contributed by atoms with Crippen molar-refractivity contribution in [2.45, 2.75) is 37.2 Å². The Morgan fingerprint density at radius 2 is 2.00 bits per heavy atom. The first-order valence-corrected chi connectivity index (χ1v) is 11.2. The van der Waals surface area contributed by atoms with Crippen LogP contribution in [0.25, 0.3) is 0 Å². The van der Waals surface area contributed by atoms with Gasteiger partial charge in [-0.3, -0.25) is 9.59 Å². The molecule has 0 aromatic heterocycles. The molecular weight excluding hydrogens is 396 g/mol. The smallest absolute Gasteiger partial charge is 0.310 e. The Kier molecular flexibility index (Phi) is 7.05. The molecule has 0 saturated carbocycles. The quantitative estimate of drug-likeness (QED) is 0.555. The van der Waals surface area contributed by atoms with E-state index in [0.717, 1.165) is 6.42 Å². The minimum atomic E-state index is -3.66. The second kappa shape index (κ2) is 9.51. The highest BCUT2D eigenvalue weighted by atomic mass is 32.2. The van der Waals surface area contributed by atoms with E-state index in [9.17, 15) is 18.0 Å². The van der Waals surface area contributed by atoms with Crippen molar-refractivity contribution in [3.8, 4) is 0 Å². The average Bonchev–Trinajstić information content (AvgIpc) is 2.75. The van der Waals surface area contributed by atoms with E-state index in [-0.39, 0.29) is 16.8 Å².